The molecule has 0 N–H and O–H groups in total. The molecule has 0 atom stereocenters. The third-order valence-corrected chi connectivity index (χ3v) is 0. The van der Waals surface area contributed by atoms with Crippen molar-refractivity contribution in [3.05, 3.63) is 0 Å². The van der Waals surface area contributed by atoms with E-state index in [1.54, 1.807) is 0 Å². The van der Waals surface area contributed by atoms with Gasteiger partial charge >= 0.3 is 41.5 Å². The molecule has 0 saturated carbocycles. The first kappa shape index (κ1) is 22.7. The van der Waals surface area contributed by atoms with Gasteiger partial charge in [-0.25, -0.2) is 0 Å². The molecule has 0 spiro atoms. The molecule has 0 bridgehead atoms. The van der Waals surface area contributed by atoms with Crippen molar-refractivity contribution < 1.29 is 0 Å². The van der Waals surface area contributed by atoms with Gasteiger partial charge < -0.3 is 0 Å². The topological polar surface area (TPSA) is 0 Å². The van der Waals surface area contributed by atoms with Gasteiger partial charge in [0, 0.05) is 0 Å². The molecule has 8 heavy (non-hydrogen) atoms. The molecule has 0 aromatic rings. The van der Waals surface area contributed by atoms with E-state index in [0.29, 0.717) is 4.25 Å². The third-order valence-electron chi connectivity index (χ3n) is 0. The molecule has 0 aromatic heterocycles. The first-order valence-corrected chi connectivity index (χ1v) is 4.10. The summed E-state index contributed by atoms with van der Waals surface area (Å²) in [5.41, 5.74) is 0. The summed E-state index contributed by atoms with van der Waals surface area (Å²) in [6.07, 6.45) is 0. The zero-order chi connectivity index (χ0) is 4.50. The number of rotatable bonds is 0. The van der Waals surface area contributed by atoms with Crippen molar-refractivity contribution in [2.24, 2.45) is 0 Å². The second-order valence-electron chi connectivity index (χ2n) is 3.00. The first-order chi connectivity index (χ1) is 2.00. The summed E-state index contributed by atoms with van der Waals surface area (Å²) in [4.78, 5) is 0. The molecule has 4 heteroatoms. The molecule has 0 aliphatic carbocycles. The maximum atomic E-state index is 2.27. The molecule has 0 fully saturated rings. The maximum absolute atomic E-state index is 2.27. The van der Waals surface area contributed by atoms with Crippen molar-refractivity contribution in [1.29, 1.82) is 0 Å². The number of hydrogen-bond donors (Lipinski definition) is 0. The SMILES string of the molecule is C[C](C)(C)[GeH3].Cl.Cl.Cl. The Morgan fingerprint density at radius 2 is 0.875 bits per heavy atom. The van der Waals surface area contributed by atoms with Gasteiger partial charge in [0.15, 0.2) is 0 Å². The van der Waals surface area contributed by atoms with Gasteiger partial charge in [-0.05, 0) is 0 Å². The van der Waals surface area contributed by atoms with E-state index in [2.05, 4.69) is 20.8 Å². The van der Waals surface area contributed by atoms with Gasteiger partial charge in [0.25, 0.3) is 0 Å². The Kier molecular flexibility index (Phi) is 23.9. The predicted molar refractivity (Wildman–Crippen MR) is 51.4 cm³/mol. The van der Waals surface area contributed by atoms with Crippen LogP contribution in [0.15, 0.2) is 0 Å². The Bertz CT molecular complexity index is 26.8. The van der Waals surface area contributed by atoms with Crippen LogP contribution in [-0.2, 0) is 0 Å². The summed E-state index contributed by atoms with van der Waals surface area (Å²) >= 11 is 1.00. The van der Waals surface area contributed by atoms with Gasteiger partial charge in [-0.15, -0.1) is 37.2 Å². The Labute approximate surface area is 78.6 Å². The van der Waals surface area contributed by atoms with Gasteiger partial charge in [-0.3, -0.25) is 0 Å². The van der Waals surface area contributed by atoms with Crippen molar-refractivity contribution >= 4 is 53.7 Å². The van der Waals surface area contributed by atoms with Crippen LogP contribution in [0.25, 0.3) is 0 Å². The maximum Gasteiger partial charge on any atom is -0.147 e. The normalized spacial score (nSPS) is 7.88. The molecule has 0 heterocycles. The molecule has 0 amide bonds. The molecule has 0 rings (SSSR count). The molecule has 0 radical (unpaired) electrons. The fraction of sp³-hybridized carbons (Fsp3) is 1.00. The molecule has 0 aliphatic rings. The molecular formula is C4H15Cl3Ge. The van der Waals surface area contributed by atoms with E-state index in [4.69, 9.17) is 0 Å². The van der Waals surface area contributed by atoms with Crippen molar-refractivity contribution in [1.82, 2.24) is 0 Å². The summed E-state index contributed by atoms with van der Waals surface area (Å²) in [7, 11) is 0. The minimum Gasteiger partial charge on any atom is -0.147 e. The summed E-state index contributed by atoms with van der Waals surface area (Å²) < 4.78 is 0.688. The van der Waals surface area contributed by atoms with E-state index in [1.807, 2.05) is 0 Å². The van der Waals surface area contributed by atoms with Crippen LogP contribution in [0.5, 0.6) is 0 Å². The van der Waals surface area contributed by atoms with E-state index in [9.17, 15) is 0 Å². The molecular weight excluding hydrogens is 227 g/mol. The Morgan fingerprint density at radius 1 is 0.875 bits per heavy atom. The molecule has 0 aliphatic heterocycles. The summed E-state index contributed by atoms with van der Waals surface area (Å²) in [6, 6.07) is 0. The van der Waals surface area contributed by atoms with E-state index >= 15 is 0 Å². The van der Waals surface area contributed by atoms with E-state index < -0.39 is 0 Å². The minimum atomic E-state index is 0. The van der Waals surface area contributed by atoms with Crippen molar-refractivity contribution in [3.63, 3.8) is 0 Å². The van der Waals surface area contributed by atoms with Gasteiger partial charge in [-0.2, -0.15) is 0 Å². The van der Waals surface area contributed by atoms with Gasteiger partial charge in [0.05, 0.1) is 0 Å². The fourth-order valence-electron chi connectivity index (χ4n) is 0. The molecule has 0 saturated heterocycles. The standard InChI is InChI=1S/C4H12Ge.3ClH/c1-4(2,3)5;;;/h1-3,5H3;3*1H. The van der Waals surface area contributed by atoms with Crippen LogP contribution in [0.2, 0.25) is 4.25 Å². The zero-order valence-corrected chi connectivity index (χ0v) is 12.4. The summed E-state index contributed by atoms with van der Waals surface area (Å²) in [6.45, 7) is 6.81. The van der Waals surface area contributed by atoms with Gasteiger partial charge in [0.2, 0.25) is 0 Å². The van der Waals surface area contributed by atoms with Crippen LogP contribution >= 0.6 is 37.2 Å². The monoisotopic (exact) mass is 242 g/mol. The smallest absolute Gasteiger partial charge is 0.147 e. The zero-order valence-electron chi connectivity index (χ0n) is 5.72. The molecule has 56 valence electrons. The quantitative estimate of drug-likeness (QED) is 0.568. The average molecular weight is 242 g/mol. The summed E-state index contributed by atoms with van der Waals surface area (Å²) in [5, 5.41) is 0. The average Bonchev–Trinajstić information content (AvgIpc) is 0.722. The van der Waals surface area contributed by atoms with Gasteiger partial charge in [0.1, 0.15) is 0 Å². The fourth-order valence-corrected chi connectivity index (χ4v) is 0. The largest absolute Gasteiger partial charge is 0.147 e. The summed E-state index contributed by atoms with van der Waals surface area (Å²) in [5.74, 6) is 0. The van der Waals surface area contributed by atoms with E-state index in [-0.39, 0.29) is 37.2 Å². The Morgan fingerprint density at radius 3 is 0.875 bits per heavy atom. The van der Waals surface area contributed by atoms with Crippen molar-refractivity contribution in [2.45, 2.75) is 25.0 Å². The minimum absolute atomic E-state index is 0. The first-order valence-electron chi connectivity index (χ1n) is 2.00. The van der Waals surface area contributed by atoms with Crippen LogP contribution in [0.3, 0.4) is 0 Å². The second kappa shape index (κ2) is 8.41. The van der Waals surface area contributed by atoms with Crippen LogP contribution in [0, 0.1) is 0 Å². The van der Waals surface area contributed by atoms with Gasteiger partial charge in [-0.1, -0.05) is 0 Å². The molecule has 0 aromatic carbocycles. The van der Waals surface area contributed by atoms with E-state index in [0.717, 1.165) is 16.5 Å². The van der Waals surface area contributed by atoms with E-state index in [1.165, 1.54) is 0 Å². The Hall–Kier alpha value is 1.41. The Balaban J connectivity index is -0.0000000267. The predicted octanol–water partition coefficient (Wildman–Crippen LogP) is 1.84. The van der Waals surface area contributed by atoms with Crippen LogP contribution in [-0.4, -0.2) is 16.5 Å². The second-order valence-corrected chi connectivity index (χ2v) is 9.29. The number of hydrogen-bond acceptors (Lipinski definition) is 0. The molecule has 0 nitrogen and oxygen atoms in total. The molecule has 0 unspecified atom stereocenters. The van der Waals surface area contributed by atoms with Crippen LogP contribution in [0.1, 0.15) is 20.8 Å². The van der Waals surface area contributed by atoms with Crippen LogP contribution < -0.4 is 0 Å². The van der Waals surface area contributed by atoms with Crippen LogP contribution in [0.4, 0.5) is 0 Å². The third kappa shape index (κ3) is 153. The van der Waals surface area contributed by atoms with Crippen molar-refractivity contribution in [3.8, 4) is 0 Å². The van der Waals surface area contributed by atoms with Crippen molar-refractivity contribution in [2.75, 3.05) is 0 Å². The number of halogens is 3.